The van der Waals surface area contributed by atoms with E-state index in [0.29, 0.717) is 0 Å². The molecule has 0 heterocycles. The molecule has 32 heavy (non-hydrogen) atoms. The average Bonchev–Trinajstić information content (AvgIpc) is 3.15. The summed E-state index contributed by atoms with van der Waals surface area (Å²) in [6.07, 6.45) is 6.35. The van der Waals surface area contributed by atoms with Crippen molar-refractivity contribution in [2.24, 2.45) is 0 Å². The lowest BCUT2D eigenvalue weighted by Crippen LogP contribution is -2.28. The van der Waals surface area contributed by atoms with Crippen LogP contribution in [0.25, 0.3) is 16.7 Å². The summed E-state index contributed by atoms with van der Waals surface area (Å²) in [4.78, 5) is 0. The van der Waals surface area contributed by atoms with Crippen LogP contribution >= 0.6 is 0 Å². The summed E-state index contributed by atoms with van der Waals surface area (Å²) in [5.41, 5.74) is 9.78. The third-order valence-electron chi connectivity index (χ3n) is 6.50. The molecule has 154 valence electrons. The van der Waals surface area contributed by atoms with Crippen molar-refractivity contribution in [2.45, 2.75) is 12.3 Å². The van der Waals surface area contributed by atoms with Crippen molar-refractivity contribution in [3.63, 3.8) is 0 Å². The first-order valence-electron chi connectivity index (χ1n) is 11.1. The van der Waals surface area contributed by atoms with Crippen molar-refractivity contribution in [1.29, 1.82) is 0 Å². The maximum atomic E-state index is 4.04. The second-order valence-corrected chi connectivity index (χ2v) is 8.13. The van der Waals surface area contributed by atoms with E-state index in [4.69, 9.17) is 0 Å². The lowest BCUT2D eigenvalue weighted by atomic mass is 9.67. The predicted octanol–water partition coefficient (Wildman–Crippen LogP) is 8.22. The monoisotopic (exact) mass is 410 g/mol. The van der Waals surface area contributed by atoms with Gasteiger partial charge in [0.05, 0.1) is 5.41 Å². The van der Waals surface area contributed by atoms with Gasteiger partial charge in [0.1, 0.15) is 0 Å². The standard InChI is InChI=1S/C32H26/c1-3-14-28-29-23-25(24-15-8-5-9-16-24)21-22-31(29)32(30(28)4-2,26-17-10-6-11-18-26)27-19-12-7-13-20-27/h3-23H,1H2,2H3/b28-14-,30-4+. The number of hydrogen-bond acceptors (Lipinski definition) is 0. The SMILES string of the molecule is C=C/C=C1\C(=C/C)C(c2ccccc2)(c2ccccc2)c2ccc(-c3ccccc3)cc21. The Labute approximate surface area is 190 Å². The summed E-state index contributed by atoms with van der Waals surface area (Å²) in [5.74, 6) is 0. The molecule has 5 rings (SSSR count). The molecular formula is C32H26. The number of rotatable bonds is 4. The van der Waals surface area contributed by atoms with Gasteiger partial charge in [0.15, 0.2) is 0 Å². The minimum absolute atomic E-state index is 0.364. The minimum atomic E-state index is -0.364. The van der Waals surface area contributed by atoms with E-state index < -0.39 is 0 Å². The van der Waals surface area contributed by atoms with Crippen LogP contribution in [0, 0.1) is 0 Å². The molecule has 4 aromatic carbocycles. The van der Waals surface area contributed by atoms with E-state index in [2.05, 4.69) is 135 Å². The largest absolute Gasteiger partial charge is 0.0990 e. The van der Waals surface area contributed by atoms with Gasteiger partial charge in [0.2, 0.25) is 0 Å². The summed E-state index contributed by atoms with van der Waals surface area (Å²) >= 11 is 0. The fraction of sp³-hybridized carbons (Fsp3) is 0.0625. The summed E-state index contributed by atoms with van der Waals surface area (Å²) in [7, 11) is 0. The molecule has 0 N–H and O–H groups in total. The van der Waals surface area contributed by atoms with Crippen LogP contribution in [0.15, 0.2) is 140 Å². The van der Waals surface area contributed by atoms with Gasteiger partial charge in [-0.05, 0) is 57.5 Å². The topological polar surface area (TPSA) is 0 Å². The second-order valence-electron chi connectivity index (χ2n) is 8.13. The van der Waals surface area contributed by atoms with E-state index in [-0.39, 0.29) is 5.41 Å². The van der Waals surface area contributed by atoms with Gasteiger partial charge in [-0.2, -0.15) is 0 Å². The van der Waals surface area contributed by atoms with Gasteiger partial charge in [-0.15, -0.1) is 0 Å². The Kier molecular flexibility index (Phi) is 5.21. The quantitative estimate of drug-likeness (QED) is 0.318. The van der Waals surface area contributed by atoms with Gasteiger partial charge in [-0.25, -0.2) is 0 Å². The van der Waals surface area contributed by atoms with Crippen LogP contribution in [0.2, 0.25) is 0 Å². The Morgan fingerprint density at radius 3 is 1.75 bits per heavy atom. The molecule has 0 radical (unpaired) electrons. The Hall–Kier alpha value is -3.90. The molecule has 1 aliphatic carbocycles. The summed E-state index contributed by atoms with van der Waals surface area (Å²) in [6, 6.07) is 39.3. The van der Waals surface area contributed by atoms with Crippen molar-refractivity contribution in [2.75, 3.05) is 0 Å². The fourth-order valence-electron chi connectivity index (χ4n) is 5.23. The third-order valence-corrected chi connectivity index (χ3v) is 6.50. The van der Waals surface area contributed by atoms with Crippen molar-refractivity contribution in [3.8, 4) is 11.1 Å². The van der Waals surface area contributed by atoms with E-state index in [1.807, 2.05) is 6.08 Å². The van der Waals surface area contributed by atoms with Crippen LogP contribution in [0.1, 0.15) is 29.2 Å². The highest BCUT2D eigenvalue weighted by molar-refractivity contribution is 5.95. The highest BCUT2D eigenvalue weighted by atomic mass is 14.5. The zero-order valence-electron chi connectivity index (χ0n) is 18.3. The molecule has 0 spiro atoms. The second kappa shape index (κ2) is 8.32. The lowest BCUT2D eigenvalue weighted by molar-refractivity contribution is 0.767. The molecule has 0 heteroatoms. The van der Waals surface area contributed by atoms with Crippen molar-refractivity contribution in [1.82, 2.24) is 0 Å². The third kappa shape index (κ3) is 2.99. The molecule has 0 fully saturated rings. The lowest BCUT2D eigenvalue weighted by Gasteiger charge is -2.34. The van der Waals surface area contributed by atoms with Crippen molar-refractivity contribution < 1.29 is 0 Å². The molecule has 1 aliphatic rings. The molecular weight excluding hydrogens is 384 g/mol. The van der Waals surface area contributed by atoms with E-state index in [0.717, 1.165) is 0 Å². The van der Waals surface area contributed by atoms with Crippen molar-refractivity contribution >= 4 is 5.57 Å². The number of fused-ring (bicyclic) bond motifs is 1. The van der Waals surface area contributed by atoms with Crippen LogP contribution in [-0.4, -0.2) is 0 Å². The van der Waals surface area contributed by atoms with Gasteiger partial charge >= 0.3 is 0 Å². The highest BCUT2D eigenvalue weighted by Crippen LogP contribution is 2.57. The normalized spacial score (nSPS) is 16.8. The summed E-state index contributed by atoms with van der Waals surface area (Å²) < 4.78 is 0. The zero-order valence-corrected chi connectivity index (χ0v) is 18.3. The Morgan fingerprint density at radius 1 is 0.656 bits per heavy atom. The van der Waals surface area contributed by atoms with Gasteiger partial charge in [-0.1, -0.05) is 128 Å². The molecule has 0 amide bonds. The number of hydrogen-bond donors (Lipinski definition) is 0. The van der Waals surface area contributed by atoms with Crippen LogP contribution in [0.3, 0.4) is 0 Å². The highest BCUT2D eigenvalue weighted by Gasteiger charge is 2.47. The molecule has 0 saturated carbocycles. The van der Waals surface area contributed by atoms with Crippen molar-refractivity contribution in [3.05, 3.63) is 162 Å². The van der Waals surface area contributed by atoms with E-state index in [9.17, 15) is 0 Å². The molecule has 0 aliphatic heterocycles. The zero-order chi connectivity index (χ0) is 22.0. The Bertz CT molecular complexity index is 1270. The van der Waals surface area contributed by atoms with E-state index >= 15 is 0 Å². The van der Waals surface area contributed by atoms with Crippen LogP contribution < -0.4 is 0 Å². The minimum Gasteiger partial charge on any atom is -0.0990 e. The molecule has 0 unspecified atom stereocenters. The van der Waals surface area contributed by atoms with Crippen LogP contribution in [-0.2, 0) is 5.41 Å². The molecule has 0 aromatic heterocycles. The smallest absolute Gasteiger partial charge is 0.0710 e. The predicted molar refractivity (Wildman–Crippen MR) is 137 cm³/mol. The molecule has 0 nitrogen and oxygen atoms in total. The van der Waals surface area contributed by atoms with Gasteiger partial charge in [0.25, 0.3) is 0 Å². The van der Waals surface area contributed by atoms with Gasteiger partial charge < -0.3 is 0 Å². The first-order chi connectivity index (χ1) is 15.8. The van der Waals surface area contributed by atoms with E-state index in [1.165, 1.54) is 44.5 Å². The fourth-order valence-corrected chi connectivity index (χ4v) is 5.23. The Balaban J connectivity index is 1.89. The molecule has 0 saturated heterocycles. The number of benzene rings is 4. The first kappa shape index (κ1) is 20.0. The first-order valence-corrected chi connectivity index (χ1v) is 11.1. The molecule has 4 aromatic rings. The Morgan fingerprint density at radius 2 is 1.22 bits per heavy atom. The molecule has 0 atom stereocenters. The maximum absolute atomic E-state index is 4.04. The summed E-state index contributed by atoms with van der Waals surface area (Å²) in [6.45, 7) is 6.19. The molecule has 0 bridgehead atoms. The van der Waals surface area contributed by atoms with Crippen LogP contribution in [0.4, 0.5) is 0 Å². The number of allylic oxidation sites excluding steroid dienone is 5. The van der Waals surface area contributed by atoms with Gasteiger partial charge in [-0.3, -0.25) is 0 Å². The summed E-state index contributed by atoms with van der Waals surface area (Å²) in [5, 5.41) is 0. The van der Waals surface area contributed by atoms with Crippen LogP contribution in [0.5, 0.6) is 0 Å². The van der Waals surface area contributed by atoms with Gasteiger partial charge in [0, 0.05) is 0 Å². The average molecular weight is 411 g/mol. The van der Waals surface area contributed by atoms with E-state index in [1.54, 1.807) is 0 Å². The maximum Gasteiger partial charge on any atom is 0.0710 e.